The van der Waals surface area contributed by atoms with Gasteiger partial charge in [-0.2, -0.15) is 0 Å². The Kier molecular flexibility index (Phi) is 5.77. The molecule has 0 spiro atoms. The summed E-state index contributed by atoms with van der Waals surface area (Å²) in [6.45, 7) is 4.00. The van der Waals surface area contributed by atoms with Crippen molar-refractivity contribution in [2.45, 2.75) is 19.9 Å². The zero-order chi connectivity index (χ0) is 25.6. The number of non-ortho nitro benzene ring substituents is 1. The van der Waals surface area contributed by atoms with Crippen molar-refractivity contribution < 1.29 is 28.8 Å². The lowest BCUT2D eigenvalue weighted by Gasteiger charge is -2.24. The first-order chi connectivity index (χ1) is 17.3. The molecule has 0 bridgehead atoms. The first-order valence-electron chi connectivity index (χ1n) is 10.9. The summed E-state index contributed by atoms with van der Waals surface area (Å²) in [7, 11) is 0. The molecule has 11 heteroatoms. The van der Waals surface area contributed by atoms with Crippen LogP contribution in [0.25, 0.3) is 10.2 Å². The Balaban J connectivity index is 1.67. The number of aliphatic hydroxyl groups is 1. The van der Waals surface area contributed by atoms with Crippen LogP contribution in [0.5, 0.6) is 5.75 Å². The van der Waals surface area contributed by atoms with Gasteiger partial charge in [-0.15, -0.1) is 0 Å². The van der Waals surface area contributed by atoms with E-state index in [1.165, 1.54) is 40.5 Å². The molecular weight excluding hydrogens is 486 g/mol. The molecule has 36 heavy (non-hydrogen) atoms. The number of anilines is 1. The number of rotatable bonds is 7. The lowest BCUT2D eigenvalue weighted by atomic mass is 9.95. The van der Waals surface area contributed by atoms with Crippen molar-refractivity contribution in [3.8, 4) is 5.75 Å². The summed E-state index contributed by atoms with van der Waals surface area (Å²) in [5.74, 6) is -1.27. The lowest BCUT2D eigenvalue weighted by molar-refractivity contribution is -0.384. The van der Waals surface area contributed by atoms with Crippen LogP contribution in [0.15, 0.2) is 70.3 Å². The van der Waals surface area contributed by atoms with E-state index in [4.69, 9.17) is 9.15 Å². The highest BCUT2D eigenvalue weighted by atomic mass is 32.1. The van der Waals surface area contributed by atoms with Gasteiger partial charge in [-0.3, -0.25) is 24.6 Å². The average Bonchev–Trinajstić information content (AvgIpc) is 3.55. The molecule has 3 heterocycles. The van der Waals surface area contributed by atoms with Gasteiger partial charge in [0, 0.05) is 12.1 Å². The van der Waals surface area contributed by atoms with E-state index in [0.29, 0.717) is 23.6 Å². The summed E-state index contributed by atoms with van der Waals surface area (Å²) in [6, 6.07) is 12.7. The number of hydrogen-bond acceptors (Lipinski definition) is 9. The number of Topliss-reactive ketones (excluding diaryl/α,β-unsaturated/α-hetero) is 1. The van der Waals surface area contributed by atoms with Crippen molar-refractivity contribution in [3.05, 3.63) is 93.1 Å². The Morgan fingerprint density at radius 2 is 2.06 bits per heavy atom. The van der Waals surface area contributed by atoms with Crippen LogP contribution < -0.4 is 9.64 Å². The summed E-state index contributed by atoms with van der Waals surface area (Å²) in [6.07, 6.45) is 0. The number of amides is 1. The molecule has 182 valence electrons. The molecule has 0 radical (unpaired) electrons. The molecule has 5 rings (SSSR count). The molecule has 1 aliphatic rings. The zero-order valence-electron chi connectivity index (χ0n) is 19.1. The number of fused-ring (bicyclic) bond motifs is 1. The third-order valence-electron chi connectivity index (χ3n) is 5.68. The highest BCUT2D eigenvalue weighted by molar-refractivity contribution is 7.22. The van der Waals surface area contributed by atoms with Gasteiger partial charge in [0.1, 0.15) is 11.5 Å². The molecule has 0 saturated carbocycles. The van der Waals surface area contributed by atoms with Crippen LogP contribution in [0, 0.1) is 17.0 Å². The summed E-state index contributed by atoms with van der Waals surface area (Å²) >= 11 is 1.17. The second-order valence-corrected chi connectivity index (χ2v) is 9.00. The maximum absolute atomic E-state index is 13.4. The number of carbonyl (C=O) groups is 2. The minimum Gasteiger partial charge on any atom is -0.503 e. The summed E-state index contributed by atoms with van der Waals surface area (Å²) < 4.78 is 11.7. The maximum atomic E-state index is 13.4. The van der Waals surface area contributed by atoms with Crippen molar-refractivity contribution in [1.29, 1.82) is 0 Å². The average molecular weight is 506 g/mol. The van der Waals surface area contributed by atoms with Gasteiger partial charge < -0.3 is 14.3 Å². The van der Waals surface area contributed by atoms with Crippen LogP contribution in [-0.2, 0) is 4.79 Å². The number of nitro groups is 1. The molecule has 0 saturated heterocycles. The Labute approximate surface area is 208 Å². The van der Waals surface area contributed by atoms with Crippen molar-refractivity contribution in [2.75, 3.05) is 11.5 Å². The van der Waals surface area contributed by atoms with E-state index in [1.807, 2.05) is 6.92 Å². The Morgan fingerprint density at radius 3 is 2.75 bits per heavy atom. The first-order valence-corrected chi connectivity index (χ1v) is 11.8. The van der Waals surface area contributed by atoms with Gasteiger partial charge in [-0.05, 0) is 49.7 Å². The van der Waals surface area contributed by atoms with Gasteiger partial charge in [0.25, 0.3) is 11.6 Å². The van der Waals surface area contributed by atoms with E-state index in [2.05, 4.69) is 4.98 Å². The standard InChI is InChI=1S/C25H19N3O7S/c1-3-34-16-8-9-17-19(12-16)36-25(26-17)27-21(14-5-4-6-15(11-14)28(32)33)20(23(30)24(27)31)22(29)18-10-7-13(2)35-18/h4-12,21,30H,3H2,1-2H3/t21-/m1/s1. The summed E-state index contributed by atoms with van der Waals surface area (Å²) in [5, 5.41) is 22.5. The SMILES string of the molecule is CCOc1ccc2nc(N3C(=O)C(O)=C(C(=O)c4ccc(C)o4)[C@H]3c3cccc([N+](=O)[O-])c3)sc2c1. The van der Waals surface area contributed by atoms with Crippen molar-refractivity contribution in [2.24, 2.45) is 0 Å². The number of ketones is 1. The normalized spacial score (nSPS) is 15.7. The van der Waals surface area contributed by atoms with Crippen LogP contribution >= 0.6 is 11.3 Å². The molecule has 2 aromatic heterocycles. The molecule has 0 fully saturated rings. The Morgan fingerprint density at radius 1 is 1.25 bits per heavy atom. The van der Waals surface area contributed by atoms with Gasteiger partial charge in [0.15, 0.2) is 16.7 Å². The summed E-state index contributed by atoms with van der Waals surface area (Å²) in [5.41, 5.74) is 0.383. The number of carbonyl (C=O) groups excluding carboxylic acids is 2. The highest BCUT2D eigenvalue weighted by Crippen LogP contribution is 2.45. The number of nitrogens with zero attached hydrogens (tertiary/aromatic N) is 3. The topological polar surface area (TPSA) is 136 Å². The van der Waals surface area contributed by atoms with Crippen LogP contribution in [0.2, 0.25) is 0 Å². The van der Waals surface area contributed by atoms with Crippen molar-refractivity contribution in [1.82, 2.24) is 4.98 Å². The molecule has 10 nitrogen and oxygen atoms in total. The molecule has 1 amide bonds. The van der Waals surface area contributed by atoms with Crippen LogP contribution in [0.1, 0.15) is 34.8 Å². The zero-order valence-corrected chi connectivity index (χ0v) is 19.9. The molecule has 1 aliphatic heterocycles. The van der Waals surface area contributed by atoms with Gasteiger partial charge in [-0.25, -0.2) is 4.98 Å². The van der Waals surface area contributed by atoms with Gasteiger partial charge in [0.2, 0.25) is 5.78 Å². The van der Waals surface area contributed by atoms with E-state index in [0.717, 1.165) is 4.70 Å². The van der Waals surface area contributed by atoms with Crippen LogP contribution in [0.4, 0.5) is 10.8 Å². The molecular formula is C25H19N3O7S. The third-order valence-corrected chi connectivity index (χ3v) is 6.70. The molecule has 4 aromatic rings. The minimum absolute atomic E-state index is 0.0650. The molecule has 2 aromatic carbocycles. The maximum Gasteiger partial charge on any atom is 0.296 e. The van der Waals surface area contributed by atoms with Crippen LogP contribution in [0.3, 0.4) is 0 Å². The predicted octanol–water partition coefficient (Wildman–Crippen LogP) is 5.29. The number of hydrogen-bond donors (Lipinski definition) is 1. The monoisotopic (exact) mass is 505 g/mol. The molecule has 1 N–H and O–H groups in total. The highest BCUT2D eigenvalue weighted by Gasteiger charge is 2.46. The van der Waals surface area contributed by atoms with Crippen LogP contribution in [-0.4, -0.2) is 33.3 Å². The fraction of sp³-hybridized carbons (Fsp3) is 0.160. The Bertz CT molecular complexity index is 1570. The largest absolute Gasteiger partial charge is 0.503 e. The minimum atomic E-state index is -1.16. The van der Waals surface area contributed by atoms with E-state index in [1.54, 1.807) is 37.3 Å². The number of furan rings is 1. The number of ether oxygens (including phenoxy) is 1. The summed E-state index contributed by atoms with van der Waals surface area (Å²) in [4.78, 5) is 43.4. The predicted molar refractivity (Wildman–Crippen MR) is 132 cm³/mol. The van der Waals surface area contributed by atoms with E-state index in [9.17, 15) is 24.8 Å². The second-order valence-electron chi connectivity index (χ2n) is 7.99. The van der Waals surface area contributed by atoms with Crippen molar-refractivity contribution >= 4 is 44.1 Å². The second kappa shape index (κ2) is 8.93. The quantitative estimate of drug-likeness (QED) is 0.203. The fourth-order valence-electron chi connectivity index (χ4n) is 4.10. The number of thiazole rings is 1. The first kappa shape index (κ1) is 23.2. The number of aryl methyl sites for hydroxylation is 1. The van der Waals surface area contributed by atoms with Gasteiger partial charge >= 0.3 is 0 Å². The van der Waals surface area contributed by atoms with Gasteiger partial charge in [0.05, 0.1) is 33.4 Å². The lowest BCUT2D eigenvalue weighted by Crippen LogP contribution is -2.31. The van der Waals surface area contributed by atoms with Gasteiger partial charge in [-0.1, -0.05) is 23.5 Å². The Hall–Kier alpha value is -4.51. The number of aliphatic hydroxyl groups excluding tert-OH is 1. The number of benzene rings is 2. The third kappa shape index (κ3) is 3.89. The van der Waals surface area contributed by atoms with E-state index < -0.39 is 28.4 Å². The fourth-order valence-corrected chi connectivity index (χ4v) is 5.12. The van der Waals surface area contributed by atoms with E-state index >= 15 is 0 Å². The molecule has 0 unspecified atom stereocenters. The van der Waals surface area contributed by atoms with E-state index in [-0.39, 0.29) is 27.7 Å². The van der Waals surface area contributed by atoms with Crippen molar-refractivity contribution in [3.63, 3.8) is 0 Å². The molecule has 1 atom stereocenters. The molecule has 0 aliphatic carbocycles. The smallest absolute Gasteiger partial charge is 0.296 e. The number of nitro benzene ring substituents is 1. The number of aromatic nitrogens is 1.